The predicted molar refractivity (Wildman–Crippen MR) is 78.1 cm³/mol. The summed E-state index contributed by atoms with van der Waals surface area (Å²) in [5, 5.41) is 4.47. The molecule has 0 unspecified atom stereocenters. The summed E-state index contributed by atoms with van der Waals surface area (Å²) in [6.45, 7) is 7.96. The second-order valence-electron chi connectivity index (χ2n) is 4.79. The summed E-state index contributed by atoms with van der Waals surface area (Å²) < 4.78 is 7.37. The van der Waals surface area contributed by atoms with Crippen molar-refractivity contribution in [2.45, 2.75) is 46.6 Å². The zero-order valence-corrected chi connectivity index (χ0v) is 12.4. The van der Waals surface area contributed by atoms with Crippen LogP contribution in [0.25, 0.3) is 5.82 Å². The largest absolute Gasteiger partial charge is 0.473 e. The first kappa shape index (κ1) is 14.3. The van der Waals surface area contributed by atoms with Gasteiger partial charge in [-0.25, -0.2) is 4.98 Å². The monoisotopic (exact) mass is 275 g/mol. The minimum Gasteiger partial charge on any atom is -0.473 e. The molecule has 0 radical (unpaired) electrons. The number of anilines is 1. The summed E-state index contributed by atoms with van der Waals surface area (Å²) in [6.07, 6.45) is 1.61. The van der Waals surface area contributed by atoms with Crippen molar-refractivity contribution in [3.63, 3.8) is 0 Å². The molecule has 6 heteroatoms. The van der Waals surface area contributed by atoms with E-state index in [4.69, 9.17) is 10.5 Å². The van der Waals surface area contributed by atoms with E-state index in [1.165, 1.54) is 0 Å². The van der Waals surface area contributed by atoms with Crippen LogP contribution in [-0.4, -0.2) is 25.9 Å². The van der Waals surface area contributed by atoms with E-state index >= 15 is 0 Å². The number of aryl methyl sites for hydroxylation is 2. The van der Waals surface area contributed by atoms with Gasteiger partial charge in [0.15, 0.2) is 11.6 Å². The maximum atomic E-state index is 5.88. The van der Waals surface area contributed by atoms with E-state index in [1.54, 1.807) is 10.7 Å². The zero-order chi connectivity index (χ0) is 14.7. The molecule has 0 saturated carbocycles. The Bertz CT molecular complexity index is 591. The summed E-state index contributed by atoms with van der Waals surface area (Å²) in [7, 11) is 0. The molecule has 0 aliphatic carbocycles. The van der Waals surface area contributed by atoms with Gasteiger partial charge in [0.2, 0.25) is 5.88 Å². The van der Waals surface area contributed by atoms with Crippen LogP contribution in [0.3, 0.4) is 0 Å². The molecule has 0 amide bonds. The Morgan fingerprint density at radius 1 is 1.20 bits per heavy atom. The van der Waals surface area contributed by atoms with Crippen LogP contribution in [0.15, 0.2) is 12.1 Å². The van der Waals surface area contributed by atoms with E-state index in [9.17, 15) is 0 Å². The van der Waals surface area contributed by atoms with Crippen LogP contribution < -0.4 is 10.5 Å². The first-order valence-electron chi connectivity index (χ1n) is 6.93. The van der Waals surface area contributed by atoms with E-state index in [1.807, 2.05) is 33.8 Å². The normalized spacial score (nSPS) is 11.1. The third kappa shape index (κ3) is 2.89. The molecule has 0 fully saturated rings. The van der Waals surface area contributed by atoms with E-state index in [-0.39, 0.29) is 6.10 Å². The number of hydrogen-bond donors (Lipinski definition) is 1. The molecule has 2 aromatic rings. The molecule has 2 aromatic heterocycles. The highest BCUT2D eigenvalue weighted by atomic mass is 16.5. The Morgan fingerprint density at radius 2 is 1.95 bits per heavy atom. The lowest BCUT2D eigenvalue weighted by Gasteiger charge is -2.12. The molecular formula is C14H21N5O. The molecular weight excluding hydrogens is 254 g/mol. The van der Waals surface area contributed by atoms with Gasteiger partial charge in [0.1, 0.15) is 5.82 Å². The van der Waals surface area contributed by atoms with Crippen molar-refractivity contribution in [2.75, 3.05) is 5.73 Å². The molecule has 2 rings (SSSR count). The third-order valence-corrected chi connectivity index (χ3v) is 2.79. The standard InChI is InChI=1S/C14H21N5O/c1-5-11-16-12(6-2)19(18-11)13-8-7-10(15)14(17-13)20-9(3)4/h7-9H,5-6,15H2,1-4H3. The molecule has 0 aromatic carbocycles. The van der Waals surface area contributed by atoms with Crippen LogP contribution in [-0.2, 0) is 12.8 Å². The van der Waals surface area contributed by atoms with Crippen molar-refractivity contribution < 1.29 is 4.74 Å². The first-order valence-corrected chi connectivity index (χ1v) is 6.93. The Labute approximate surface area is 119 Å². The van der Waals surface area contributed by atoms with Gasteiger partial charge in [-0.05, 0) is 26.0 Å². The number of nitrogens with two attached hydrogens (primary N) is 1. The molecule has 2 N–H and O–H groups in total. The molecule has 0 atom stereocenters. The van der Waals surface area contributed by atoms with Gasteiger partial charge >= 0.3 is 0 Å². The lowest BCUT2D eigenvalue weighted by Crippen LogP contribution is -2.11. The van der Waals surface area contributed by atoms with Gasteiger partial charge in [-0.2, -0.15) is 9.67 Å². The van der Waals surface area contributed by atoms with Crippen LogP contribution in [0.1, 0.15) is 39.3 Å². The fraction of sp³-hybridized carbons (Fsp3) is 0.500. The summed E-state index contributed by atoms with van der Waals surface area (Å²) in [5.74, 6) is 2.81. The number of hydrogen-bond acceptors (Lipinski definition) is 5. The fourth-order valence-electron chi connectivity index (χ4n) is 1.83. The van der Waals surface area contributed by atoms with Gasteiger partial charge in [0, 0.05) is 12.8 Å². The number of rotatable bonds is 5. The highest BCUT2D eigenvalue weighted by Gasteiger charge is 2.13. The van der Waals surface area contributed by atoms with E-state index < -0.39 is 0 Å². The van der Waals surface area contributed by atoms with Crippen LogP contribution >= 0.6 is 0 Å². The number of nitrogen functional groups attached to an aromatic ring is 1. The number of pyridine rings is 1. The number of ether oxygens (including phenoxy) is 1. The molecule has 0 spiro atoms. The Hall–Kier alpha value is -2.11. The predicted octanol–water partition coefficient (Wildman–Crippen LogP) is 2.16. The van der Waals surface area contributed by atoms with Crippen molar-refractivity contribution in [1.29, 1.82) is 0 Å². The van der Waals surface area contributed by atoms with Crippen LogP contribution in [0.5, 0.6) is 5.88 Å². The van der Waals surface area contributed by atoms with Crippen molar-refractivity contribution in [2.24, 2.45) is 0 Å². The number of aromatic nitrogens is 4. The molecule has 2 heterocycles. The highest BCUT2D eigenvalue weighted by molar-refractivity contribution is 5.50. The van der Waals surface area contributed by atoms with Crippen LogP contribution in [0, 0.1) is 0 Å². The van der Waals surface area contributed by atoms with Gasteiger partial charge in [0.05, 0.1) is 11.8 Å². The Balaban J connectivity index is 2.44. The highest BCUT2D eigenvalue weighted by Crippen LogP contribution is 2.22. The molecule has 0 aliphatic heterocycles. The summed E-state index contributed by atoms with van der Waals surface area (Å²) in [6, 6.07) is 3.61. The van der Waals surface area contributed by atoms with Crippen molar-refractivity contribution in [1.82, 2.24) is 19.7 Å². The smallest absolute Gasteiger partial charge is 0.239 e. The van der Waals surface area contributed by atoms with Crippen LogP contribution in [0.2, 0.25) is 0 Å². The first-order chi connectivity index (χ1) is 9.55. The summed E-state index contributed by atoms with van der Waals surface area (Å²) in [4.78, 5) is 8.93. The average Bonchev–Trinajstić information content (AvgIpc) is 2.84. The Morgan fingerprint density at radius 3 is 2.55 bits per heavy atom. The lowest BCUT2D eigenvalue weighted by atomic mass is 10.3. The molecule has 6 nitrogen and oxygen atoms in total. The topological polar surface area (TPSA) is 78.9 Å². The van der Waals surface area contributed by atoms with Gasteiger partial charge < -0.3 is 10.5 Å². The van der Waals surface area contributed by atoms with E-state index in [0.29, 0.717) is 17.4 Å². The molecule has 108 valence electrons. The summed E-state index contributed by atoms with van der Waals surface area (Å²) >= 11 is 0. The quantitative estimate of drug-likeness (QED) is 0.904. The van der Waals surface area contributed by atoms with Crippen molar-refractivity contribution >= 4 is 5.69 Å². The zero-order valence-electron chi connectivity index (χ0n) is 12.4. The van der Waals surface area contributed by atoms with Gasteiger partial charge in [0.25, 0.3) is 0 Å². The second kappa shape index (κ2) is 5.90. The van der Waals surface area contributed by atoms with E-state index in [0.717, 1.165) is 24.5 Å². The minimum atomic E-state index is 0.0210. The second-order valence-corrected chi connectivity index (χ2v) is 4.79. The van der Waals surface area contributed by atoms with E-state index in [2.05, 4.69) is 15.1 Å². The minimum absolute atomic E-state index is 0.0210. The molecule has 0 aliphatic rings. The van der Waals surface area contributed by atoms with Crippen molar-refractivity contribution in [3.8, 4) is 11.7 Å². The van der Waals surface area contributed by atoms with Gasteiger partial charge in [-0.3, -0.25) is 0 Å². The maximum Gasteiger partial charge on any atom is 0.239 e. The lowest BCUT2D eigenvalue weighted by molar-refractivity contribution is 0.234. The molecule has 20 heavy (non-hydrogen) atoms. The third-order valence-electron chi connectivity index (χ3n) is 2.79. The summed E-state index contributed by atoms with van der Waals surface area (Å²) in [5.41, 5.74) is 6.41. The van der Waals surface area contributed by atoms with Gasteiger partial charge in [-0.1, -0.05) is 13.8 Å². The Kier molecular flexibility index (Phi) is 4.22. The van der Waals surface area contributed by atoms with Crippen LogP contribution in [0.4, 0.5) is 5.69 Å². The van der Waals surface area contributed by atoms with Crippen molar-refractivity contribution in [3.05, 3.63) is 23.8 Å². The molecule has 0 bridgehead atoms. The van der Waals surface area contributed by atoms with Gasteiger partial charge in [-0.15, -0.1) is 5.10 Å². The molecule has 0 saturated heterocycles. The maximum absolute atomic E-state index is 5.88. The average molecular weight is 275 g/mol. The SMILES string of the molecule is CCc1nc(CC)n(-c2ccc(N)c(OC(C)C)n2)n1. The number of nitrogens with zero attached hydrogens (tertiary/aromatic N) is 4. The fourth-order valence-corrected chi connectivity index (χ4v) is 1.83.